The molecule has 140 valence electrons. The number of fused-ring (bicyclic) bond motifs is 2. The van der Waals surface area contributed by atoms with Crippen molar-refractivity contribution in [3.8, 4) is 0 Å². The second-order valence-electron chi connectivity index (χ2n) is 7.04. The third kappa shape index (κ3) is 2.81. The van der Waals surface area contributed by atoms with Crippen LogP contribution >= 0.6 is 0 Å². The van der Waals surface area contributed by atoms with Crippen LogP contribution in [0.5, 0.6) is 0 Å². The summed E-state index contributed by atoms with van der Waals surface area (Å²) in [5, 5.41) is 3.34. The zero-order chi connectivity index (χ0) is 19.8. The number of ketones is 2. The summed E-state index contributed by atoms with van der Waals surface area (Å²) >= 11 is 0. The van der Waals surface area contributed by atoms with Crippen LogP contribution in [0.2, 0.25) is 0 Å². The van der Waals surface area contributed by atoms with Crippen LogP contribution in [0.15, 0.2) is 60.7 Å². The van der Waals surface area contributed by atoms with Gasteiger partial charge in [0.1, 0.15) is 0 Å². The summed E-state index contributed by atoms with van der Waals surface area (Å²) < 4.78 is 0. The van der Waals surface area contributed by atoms with Crippen molar-refractivity contribution < 1.29 is 9.59 Å². The van der Waals surface area contributed by atoms with Gasteiger partial charge in [-0.2, -0.15) is 0 Å². The van der Waals surface area contributed by atoms with E-state index in [0.29, 0.717) is 40.3 Å². The largest absolute Gasteiger partial charge is 0.396 e. The van der Waals surface area contributed by atoms with Crippen LogP contribution in [0.1, 0.15) is 37.4 Å². The van der Waals surface area contributed by atoms with Gasteiger partial charge in [0, 0.05) is 37.5 Å². The fourth-order valence-electron chi connectivity index (χ4n) is 3.61. The minimum Gasteiger partial charge on any atom is -0.396 e. The molecule has 0 atom stereocenters. The lowest BCUT2D eigenvalue weighted by atomic mass is 9.81. The molecule has 5 nitrogen and oxygen atoms in total. The first-order valence-corrected chi connectivity index (χ1v) is 9.09. The molecule has 0 amide bonds. The Balaban J connectivity index is 1.88. The Morgan fingerprint density at radius 3 is 2.04 bits per heavy atom. The number of rotatable bonds is 4. The second-order valence-corrected chi connectivity index (χ2v) is 7.04. The molecule has 4 rings (SSSR count). The summed E-state index contributed by atoms with van der Waals surface area (Å²) in [5.74, 6) is -0.396. The summed E-state index contributed by atoms with van der Waals surface area (Å²) in [7, 11) is 3.73. The minimum absolute atomic E-state index is 0.183. The van der Waals surface area contributed by atoms with E-state index in [0.717, 1.165) is 5.56 Å². The molecule has 0 radical (unpaired) electrons. The van der Waals surface area contributed by atoms with E-state index in [2.05, 4.69) is 5.32 Å². The van der Waals surface area contributed by atoms with E-state index in [1.165, 1.54) is 0 Å². The number of nitrogens with zero attached hydrogens (tertiary/aromatic N) is 1. The molecule has 1 aliphatic carbocycles. The highest BCUT2D eigenvalue weighted by Crippen LogP contribution is 2.40. The number of carbonyl (C=O) groups is 2. The smallest absolute Gasteiger partial charge is 0.196 e. The van der Waals surface area contributed by atoms with Crippen molar-refractivity contribution in [1.82, 2.24) is 0 Å². The maximum Gasteiger partial charge on any atom is 0.196 e. The Morgan fingerprint density at radius 2 is 1.43 bits per heavy atom. The van der Waals surface area contributed by atoms with Crippen LogP contribution in [0.3, 0.4) is 0 Å². The van der Waals surface area contributed by atoms with Gasteiger partial charge in [-0.3, -0.25) is 9.59 Å². The molecule has 0 bridgehead atoms. The van der Waals surface area contributed by atoms with Crippen LogP contribution in [-0.4, -0.2) is 25.7 Å². The van der Waals surface area contributed by atoms with Crippen LogP contribution in [0.4, 0.5) is 17.1 Å². The third-order valence-electron chi connectivity index (χ3n) is 5.02. The number of benzene rings is 3. The molecule has 0 fully saturated rings. The minimum atomic E-state index is -0.214. The van der Waals surface area contributed by atoms with Crippen LogP contribution in [0.25, 0.3) is 0 Å². The van der Waals surface area contributed by atoms with Crippen LogP contribution < -0.4 is 16.0 Å². The molecule has 0 aromatic heterocycles. The van der Waals surface area contributed by atoms with Crippen LogP contribution in [-0.2, 0) is 6.54 Å². The van der Waals surface area contributed by atoms with Crippen molar-refractivity contribution in [1.29, 1.82) is 0 Å². The average Bonchev–Trinajstić information content (AvgIpc) is 2.71. The molecule has 0 saturated heterocycles. The zero-order valence-electron chi connectivity index (χ0n) is 15.8. The normalized spacial score (nSPS) is 12.4. The molecule has 3 aromatic carbocycles. The lowest BCUT2D eigenvalue weighted by Crippen LogP contribution is -2.25. The molecule has 0 aliphatic heterocycles. The highest BCUT2D eigenvalue weighted by Gasteiger charge is 2.34. The molecule has 0 spiro atoms. The van der Waals surface area contributed by atoms with Gasteiger partial charge >= 0.3 is 0 Å². The second kappa shape index (κ2) is 6.85. The topological polar surface area (TPSA) is 75.4 Å². The van der Waals surface area contributed by atoms with Crippen molar-refractivity contribution in [2.75, 3.05) is 30.0 Å². The number of carbonyl (C=O) groups excluding carboxylic acids is 2. The number of nitrogen functional groups attached to an aromatic ring is 1. The van der Waals surface area contributed by atoms with E-state index in [1.807, 2.05) is 55.4 Å². The Morgan fingerprint density at radius 1 is 0.857 bits per heavy atom. The first-order chi connectivity index (χ1) is 13.5. The molecule has 28 heavy (non-hydrogen) atoms. The molecule has 3 aromatic rings. The van der Waals surface area contributed by atoms with Gasteiger partial charge in [-0.05, 0) is 11.6 Å². The number of hydrogen-bond donors (Lipinski definition) is 2. The fourth-order valence-corrected chi connectivity index (χ4v) is 3.61. The average molecular weight is 371 g/mol. The first-order valence-electron chi connectivity index (χ1n) is 9.09. The summed E-state index contributed by atoms with van der Waals surface area (Å²) in [5.41, 5.74) is 10.5. The first kappa shape index (κ1) is 17.8. The van der Waals surface area contributed by atoms with Crippen LogP contribution in [0, 0.1) is 0 Å². The van der Waals surface area contributed by atoms with E-state index in [4.69, 9.17) is 5.73 Å². The van der Waals surface area contributed by atoms with Gasteiger partial charge < -0.3 is 16.0 Å². The number of hydrogen-bond acceptors (Lipinski definition) is 5. The van der Waals surface area contributed by atoms with E-state index >= 15 is 0 Å². The Kier molecular flexibility index (Phi) is 4.35. The summed E-state index contributed by atoms with van der Waals surface area (Å²) in [6, 6.07) is 18.6. The number of nitrogens with one attached hydrogen (secondary N) is 1. The van der Waals surface area contributed by atoms with Gasteiger partial charge in [-0.25, -0.2) is 0 Å². The van der Waals surface area contributed by atoms with Crippen molar-refractivity contribution >= 4 is 28.6 Å². The quantitative estimate of drug-likeness (QED) is 0.535. The van der Waals surface area contributed by atoms with Gasteiger partial charge in [0.05, 0.1) is 22.5 Å². The Bertz CT molecular complexity index is 1090. The van der Waals surface area contributed by atoms with Crippen molar-refractivity contribution in [3.63, 3.8) is 0 Å². The summed E-state index contributed by atoms with van der Waals surface area (Å²) in [6.45, 7) is 0.535. The van der Waals surface area contributed by atoms with Gasteiger partial charge in [-0.1, -0.05) is 54.6 Å². The number of nitrogens with two attached hydrogens (primary N) is 1. The van der Waals surface area contributed by atoms with E-state index in [-0.39, 0.29) is 17.1 Å². The van der Waals surface area contributed by atoms with Crippen molar-refractivity contribution in [2.24, 2.45) is 0 Å². The van der Waals surface area contributed by atoms with Gasteiger partial charge in [0.2, 0.25) is 0 Å². The van der Waals surface area contributed by atoms with E-state index < -0.39 is 0 Å². The Hall–Kier alpha value is -3.60. The maximum absolute atomic E-state index is 13.3. The van der Waals surface area contributed by atoms with E-state index in [1.54, 1.807) is 24.3 Å². The molecule has 5 heteroatoms. The lowest BCUT2D eigenvalue weighted by Gasteiger charge is -2.26. The SMILES string of the molecule is CN(C)c1cc(NCc2ccccc2)c2c(c1N)C(=O)c1ccccc1C2=O. The van der Waals surface area contributed by atoms with Crippen molar-refractivity contribution in [3.05, 3.63) is 88.5 Å². The predicted molar refractivity (Wildman–Crippen MR) is 112 cm³/mol. The summed E-state index contributed by atoms with van der Waals surface area (Å²) in [4.78, 5) is 28.3. The molecular weight excluding hydrogens is 350 g/mol. The molecular formula is C23H21N3O2. The molecule has 0 unspecified atom stereocenters. The van der Waals surface area contributed by atoms with Gasteiger partial charge in [0.15, 0.2) is 11.6 Å². The predicted octanol–water partition coefficient (Wildman–Crippen LogP) is 3.72. The highest BCUT2D eigenvalue weighted by molar-refractivity contribution is 6.32. The highest BCUT2D eigenvalue weighted by atomic mass is 16.1. The molecule has 0 saturated carbocycles. The molecule has 0 heterocycles. The zero-order valence-corrected chi connectivity index (χ0v) is 15.8. The monoisotopic (exact) mass is 371 g/mol. The summed E-state index contributed by atoms with van der Waals surface area (Å²) in [6.07, 6.45) is 0. The lowest BCUT2D eigenvalue weighted by molar-refractivity contribution is 0.0980. The van der Waals surface area contributed by atoms with Crippen molar-refractivity contribution in [2.45, 2.75) is 6.54 Å². The van der Waals surface area contributed by atoms with Gasteiger partial charge in [-0.15, -0.1) is 0 Å². The standard InChI is InChI=1S/C23H21N3O2/c1-26(2)18-12-17(25-13-14-8-4-3-5-9-14)19-20(21(18)24)23(28)16-11-7-6-10-15(16)22(19)27/h3-12,25H,13,24H2,1-2H3. The molecule has 1 aliphatic rings. The maximum atomic E-state index is 13.3. The van der Waals surface area contributed by atoms with Gasteiger partial charge in [0.25, 0.3) is 0 Å². The third-order valence-corrected chi connectivity index (χ3v) is 5.02. The molecule has 3 N–H and O–H groups in total. The Labute approximate surface area is 163 Å². The fraction of sp³-hybridized carbons (Fsp3) is 0.130. The van der Waals surface area contributed by atoms with E-state index in [9.17, 15) is 9.59 Å². The number of anilines is 3.